The minimum Gasteiger partial charge on any atom is -0.0654 e. The molecule has 0 atom stereocenters. The summed E-state index contributed by atoms with van der Waals surface area (Å²) in [5, 5.41) is 0. The van der Waals surface area contributed by atoms with Crippen molar-refractivity contribution in [3.8, 4) is 0 Å². The third-order valence-corrected chi connectivity index (χ3v) is 5.90. The second-order valence-corrected chi connectivity index (χ2v) is 8.40. The molecule has 0 bridgehead atoms. The molecule has 0 nitrogen and oxygen atoms in total. The van der Waals surface area contributed by atoms with Crippen molar-refractivity contribution < 1.29 is 0 Å². The standard InChI is InChI=1S/C27H47/c1-4-7-9-11-13-15-17-21-25-23-19-24-26(27(25)20-6-3)22-18-16-14-12-10-8-5-2/h19,23-24H,3-18,20-22H2,1-2H3. The predicted molar refractivity (Wildman–Crippen MR) is 124 cm³/mol. The van der Waals surface area contributed by atoms with Crippen molar-refractivity contribution >= 4 is 0 Å². The predicted octanol–water partition coefficient (Wildman–Crippen LogP) is 9.04. The molecule has 0 saturated heterocycles. The van der Waals surface area contributed by atoms with Gasteiger partial charge < -0.3 is 0 Å². The first-order valence-electron chi connectivity index (χ1n) is 12.2. The quantitative estimate of drug-likeness (QED) is 0.226. The first-order chi connectivity index (χ1) is 13.3. The van der Waals surface area contributed by atoms with Gasteiger partial charge in [-0.15, -0.1) is 0 Å². The molecule has 0 aliphatic heterocycles. The van der Waals surface area contributed by atoms with Crippen LogP contribution >= 0.6 is 0 Å². The SMILES string of the molecule is [CH2]CCc1c(CCCCCCCCC)cccc1CCCCCCCCC. The van der Waals surface area contributed by atoms with Crippen LogP contribution in [0.3, 0.4) is 0 Å². The maximum atomic E-state index is 4.14. The summed E-state index contributed by atoms with van der Waals surface area (Å²) < 4.78 is 0. The molecule has 0 aliphatic carbocycles. The summed E-state index contributed by atoms with van der Waals surface area (Å²) in [5.74, 6) is 0. The van der Waals surface area contributed by atoms with Crippen LogP contribution in [0.5, 0.6) is 0 Å². The molecule has 1 rings (SSSR count). The van der Waals surface area contributed by atoms with Crippen molar-refractivity contribution in [2.75, 3.05) is 0 Å². The molecule has 1 radical (unpaired) electrons. The Hall–Kier alpha value is -0.780. The maximum Gasteiger partial charge on any atom is -0.0273 e. The largest absolute Gasteiger partial charge is 0.0654 e. The van der Waals surface area contributed by atoms with Crippen LogP contribution in [0.25, 0.3) is 0 Å². The summed E-state index contributed by atoms with van der Waals surface area (Å²) in [7, 11) is 0. The number of hydrogen-bond acceptors (Lipinski definition) is 0. The molecule has 0 amide bonds. The fourth-order valence-electron chi connectivity index (χ4n) is 4.20. The molecule has 0 fully saturated rings. The van der Waals surface area contributed by atoms with Gasteiger partial charge in [-0.3, -0.25) is 0 Å². The topological polar surface area (TPSA) is 0 Å². The second-order valence-electron chi connectivity index (χ2n) is 8.40. The first kappa shape index (κ1) is 24.3. The molecule has 0 spiro atoms. The van der Waals surface area contributed by atoms with E-state index < -0.39 is 0 Å². The van der Waals surface area contributed by atoms with Crippen LogP contribution < -0.4 is 0 Å². The van der Waals surface area contributed by atoms with E-state index in [1.165, 1.54) is 109 Å². The molecule has 0 heterocycles. The van der Waals surface area contributed by atoms with Gasteiger partial charge in [0.25, 0.3) is 0 Å². The van der Waals surface area contributed by atoms with Gasteiger partial charge in [-0.25, -0.2) is 0 Å². The zero-order valence-corrected chi connectivity index (χ0v) is 18.7. The van der Waals surface area contributed by atoms with E-state index in [-0.39, 0.29) is 0 Å². The van der Waals surface area contributed by atoms with E-state index in [1.54, 1.807) is 16.7 Å². The van der Waals surface area contributed by atoms with Crippen molar-refractivity contribution in [2.45, 2.75) is 129 Å². The lowest BCUT2D eigenvalue weighted by molar-refractivity contribution is 0.585. The monoisotopic (exact) mass is 371 g/mol. The fourth-order valence-corrected chi connectivity index (χ4v) is 4.20. The average molecular weight is 372 g/mol. The van der Waals surface area contributed by atoms with Crippen LogP contribution in [0, 0.1) is 6.92 Å². The van der Waals surface area contributed by atoms with E-state index in [1.807, 2.05) is 0 Å². The van der Waals surface area contributed by atoms with E-state index in [4.69, 9.17) is 0 Å². The van der Waals surface area contributed by atoms with Gasteiger partial charge >= 0.3 is 0 Å². The number of unbranched alkanes of at least 4 members (excludes halogenated alkanes) is 12. The van der Waals surface area contributed by atoms with Crippen molar-refractivity contribution in [3.63, 3.8) is 0 Å². The van der Waals surface area contributed by atoms with E-state index in [9.17, 15) is 0 Å². The molecule has 0 aliphatic rings. The molecule has 0 saturated carbocycles. The van der Waals surface area contributed by atoms with Gasteiger partial charge in [0.05, 0.1) is 0 Å². The van der Waals surface area contributed by atoms with Crippen LogP contribution in [0.1, 0.15) is 127 Å². The summed E-state index contributed by atoms with van der Waals surface area (Å²) in [6.45, 7) is 8.73. The lowest BCUT2D eigenvalue weighted by atomic mass is 9.91. The third-order valence-electron chi connectivity index (χ3n) is 5.90. The molecule has 0 N–H and O–H groups in total. The molecular weight excluding hydrogens is 324 g/mol. The highest BCUT2D eigenvalue weighted by atomic mass is 14.1. The zero-order chi connectivity index (χ0) is 19.6. The van der Waals surface area contributed by atoms with Crippen molar-refractivity contribution in [1.29, 1.82) is 0 Å². The van der Waals surface area contributed by atoms with Gasteiger partial charge in [-0.05, 0) is 55.2 Å². The van der Waals surface area contributed by atoms with E-state index in [0.29, 0.717) is 0 Å². The zero-order valence-electron chi connectivity index (χ0n) is 18.7. The molecule has 0 heteroatoms. The Labute approximate surface area is 171 Å². The van der Waals surface area contributed by atoms with Crippen LogP contribution in [0.4, 0.5) is 0 Å². The van der Waals surface area contributed by atoms with Crippen LogP contribution in [0.15, 0.2) is 18.2 Å². The highest BCUT2D eigenvalue weighted by molar-refractivity contribution is 5.36. The maximum absolute atomic E-state index is 4.14. The third kappa shape index (κ3) is 11.6. The van der Waals surface area contributed by atoms with Crippen LogP contribution in [0.2, 0.25) is 0 Å². The molecule has 0 unspecified atom stereocenters. The van der Waals surface area contributed by atoms with Crippen LogP contribution in [-0.2, 0) is 19.3 Å². The average Bonchev–Trinajstić information content (AvgIpc) is 2.68. The van der Waals surface area contributed by atoms with Gasteiger partial charge in [0.1, 0.15) is 0 Å². The molecule has 155 valence electrons. The Morgan fingerprint density at radius 1 is 0.556 bits per heavy atom. The van der Waals surface area contributed by atoms with E-state index in [0.717, 1.165) is 6.42 Å². The Morgan fingerprint density at radius 2 is 0.963 bits per heavy atom. The van der Waals surface area contributed by atoms with Crippen LogP contribution in [-0.4, -0.2) is 0 Å². The number of benzene rings is 1. The van der Waals surface area contributed by atoms with Gasteiger partial charge in [0.2, 0.25) is 0 Å². The number of aryl methyl sites for hydroxylation is 2. The molecular formula is C27H47. The summed E-state index contributed by atoms with van der Waals surface area (Å²) in [6.07, 6.45) is 24.3. The molecule has 1 aromatic carbocycles. The summed E-state index contributed by atoms with van der Waals surface area (Å²) >= 11 is 0. The first-order valence-corrected chi connectivity index (χ1v) is 12.2. The Bertz CT molecular complexity index is 409. The molecule has 0 aromatic heterocycles. The Balaban J connectivity index is 2.38. The summed E-state index contributed by atoms with van der Waals surface area (Å²) in [5.41, 5.74) is 4.88. The van der Waals surface area contributed by atoms with Crippen molar-refractivity contribution in [3.05, 3.63) is 41.8 Å². The Kier molecular flexibility index (Phi) is 15.6. The summed E-state index contributed by atoms with van der Waals surface area (Å²) in [4.78, 5) is 0. The van der Waals surface area contributed by atoms with E-state index >= 15 is 0 Å². The number of rotatable bonds is 18. The Morgan fingerprint density at radius 3 is 1.37 bits per heavy atom. The summed E-state index contributed by atoms with van der Waals surface area (Å²) in [6, 6.07) is 7.08. The lowest BCUT2D eigenvalue weighted by Gasteiger charge is -2.15. The molecule has 1 aromatic rings. The van der Waals surface area contributed by atoms with Gasteiger partial charge in [0, 0.05) is 0 Å². The van der Waals surface area contributed by atoms with E-state index in [2.05, 4.69) is 39.0 Å². The van der Waals surface area contributed by atoms with Crippen molar-refractivity contribution in [2.24, 2.45) is 0 Å². The normalized spacial score (nSPS) is 11.2. The second kappa shape index (κ2) is 17.3. The minimum absolute atomic E-state index is 1.03. The van der Waals surface area contributed by atoms with Gasteiger partial charge in [0.15, 0.2) is 0 Å². The van der Waals surface area contributed by atoms with Gasteiger partial charge in [-0.2, -0.15) is 0 Å². The lowest BCUT2D eigenvalue weighted by Crippen LogP contribution is -2.01. The highest BCUT2D eigenvalue weighted by Gasteiger charge is 2.08. The van der Waals surface area contributed by atoms with Gasteiger partial charge in [-0.1, -0.05) is 116 Å². The fraction of sp³-hybridized carbons (Fsp3) is 0.741. The smallest absolute Gasteiger partial charge is 0.0273 e. The number of hydrogen-bond donors (Lipinski definition) is 0. The molecule has 27 heavy (non-hydrogen) atoms. The van der Waals surface area contributed by atoms with Crippen molar-refractivity contribution in [1.82, 2.24) is 0 Å². The highest BCUT2D eigenvalue weighted by Crippen LogP contribution is 2.22. The minimum atomic E-state index is 1.03.